The summed E-state index contributed by atoms with van der Waals surface area (Å²) >= 11 is 11.7. The van der Waals surface area contributed by atoms with Gasteiger partial charge in [0, 0.05) is 22.7 Å². The van der Waals surface area contributed by atoms with Gasteiger partial charge in [-0.1, -0.05) is 23.2 Å². The highest BCUT2D eigenvalue weighted by atomic mass is 35.5. The number of carbonyl (C=O) groups is 1. The Bertz CT molecular complexity index is 716. The number of hydrogen-bond acceptors (Lipinski definition) is 4. The van der Waals surface area contributed by atoms with Crippen molar-refractivity contribution in [2.45, 2.75) is 13.0 Å². The third kappa shape index (κ3) is 3.75. The molecular formula is C15H11Cl2NO4. The van der Waals surface area contributed by atoms with Gasteiger partial charge in [-0.15, -0.1) is 0 Å². The van der Waals surface area contributed by atoms with Crippen molar-refractivity contribution in [2.24, 2.45) is 0 Å². The molecule has 0 spiro atoms. The van der Waals surface area contributed by atoms with Crippen LogP contribution in [0.3, 0.4) is 0 Å². The Labute approximate surface area is 136 Å². The van der Waals surface area contributed by atoms with Crippen molar-refractivity contribution in [3.8, 4) is 5.75 Å². The SMILES string of the molecule is C[C@@H](Oc1ccc([N+](=O)[O-])cc1Cl)C(=O)c1ccc(Cl)cc1. The molecule has 22 heavy (non-hydrogen) atoms. The number of non-ortho nitro benzene ring substituents is 1. The summed E-state index contributed by atoms with van der Waals surface area (Å²) in [6.07, 6.45) is -0.792. The molecule has 0 saturated heterocycles. The molecule has 0 bridgehead atoms. The molecule has 2 rings (SSSR count). The molecule has 0 heterocycles. The molecule has 1 atom stereocenters. The Morgan fingerprint density at radius 3 is 2.36 bits per heavy atom. The molecule has 0 aliphatic carbocycles. The van der Waals surface area contributed by atoms with Crippen LogP contribution in [-0.4, -0.2) is 16.8 Å². The molecule has 0 aliphatic rings. The van der Waals surface area contributed by atoms with Gasteiger partial charge in [-0.25, -0.2) is 0 Å². The number of benzene rings is 2. The molecule has 0 saturated carbocycles. The monoisotopic (exact) mass is 339 g/mol. The van der Waals surface area contributed by atoms with E-state index in [2.05, 4.69) is 0 Å². The van der Waals surface area contributed by atoms with E-state index in [1.807, 2.05) is 0 Å². The van der Waals surface area contributed by atoms with E-state index in [4.69, 9.17) is 27.9 Å². The molecule has 0 fully saturated rings. The molecule has 0 unspecified atom stereocenters. The lowest BCUT2D eigenvalue weighted by Gasteiger charge is -2.14. The summed E-state index contributed by atoms with van der Waals surface area (Å²) in [7, 11) is 0. The molecule has 0 aliphatic heterocycles. The molecule has 0 aromatic heterocycles. The second-order valence-corrected chi connectivity index (χ2v) is 5.35. The minimum absolute atomic E-state index is 0.0740. The normalized spacial score (nSPS) is 11.8. The maximum absolute atomic E-state index is 12.2. The average molecular weight is 340 g/mol. The van der Waals surface area contributed by atoms with Crippen LogP contribution < -0.4 is 4.74 Å². The minimum Gasteiger partial charge on any atom is -0.481 e. The number of halogens is 2. The maximum atomic E-state index is 12.2. The van der Waals surface area contributed by atoms with Gasteiger partial charge < -0.3 is 4.74 Å². The number of ketones is 1. The summed E-state index contributed by atoms with van der Waals surface area (Å²) < 4.78 is 5.49. The summed E-state index contributed by atoms with van der Waals surface area (Å²) in [4.78, 5) is 22.3. The molecule has 0 N–H and O–H groups in total. The Kier molecular flexibility index (Phi) is 5.00. The lowest BCUT2D eigenvalue weighted by Crippen LogP contribution is -2.24. The lowest BCUT2D eigenvalue weighted by atomic mass is 10.1. The Morgan fingerprint density at radius 2 is 1.82 bits per heavy atom. The first kappa shape index (κ1) is 16.3. The second-order valence-electron chi connectivity index (χ2n) is 4.50. The Hall–Kier alpha value is -2.11. The van der Waals surface area contributed by atoms with E-state index < -0.39 is 11.0 Å². The van der Waals surface area contributed by atoms with Crippen LogP contribution in [0.2, 0.25) is 10.0 Å². The van der Waals surface area contributed by atoms with Crippen molar-refractivity contribution in [1.29, 1.82) is 0 Å². The Morgan fingerprint density at radius 1 is 1.18 bits per heavy atom. The zero-order chi connectivity index (χ0) is 16.3. The highest BCUT2D eigenvalue weighted by Gasteiger charge is 2.19. The van der Waals surface area contributed by atoms with Crippen molar-refractivity contribution in [3.05, 3.63) is 68.2 Å². The van der Waals surface area contributed by atoms with E-state index in [9.17, 15) is 14.9 Å². The number of hydrogen-bond donors (Lipinski definition) is 0. The smallest absolute Gasteiger partial charge is 0.271 e. The first-order chi connectivity index (χ1) is 10.4. The van der Waals surface area contributed by atoms with Gasteiger partial charge in [0.05, 0.1) is 9.95 Å². The van der Waals surface area contributed by atoms with Gasteiger partial charge in [0.1, 0.15) is 5.75 Å². The lowest BCUT2D eigenvalue weighted by molar-refractivity contribution is -0.384. The number of nitrogens with zero attached hydrogens (tertiary/aromatic N) is 1. The van der Waals surface area contributed by atoms with Crippen molar-refractivity contribution >= 4 is 34.7 Å². The third-order valence-corrected chi connectivity index (χ3v) is 3.48. The molecule has 7 heteroatoms. The number of ether oxygens (including phenoxy) is 1. The third-order valence-electron chi connectivity index (χ3n) is 2.93. The molecule has 114 valence electrons. The highest BCUT2D eigenvalue weighted by Crippen LogP contribution is 2.29. The van der Waals surface area contributed by atoms with Crippen LogP contribution in [0.4, 0.5) is 5.69 Å². The van der Waals surface area contributed by atoms with Crippen molar-refractivity contribution in [1.82, 2.24) is 0 Å². The largest absolute Gasteiger partial charge is 0.481 e. The molecule has 5 nitrogen and oxygen atoms in total. The number of Topliss-reactive ketones (excluding diaryl/α,β-unsaturated/α-hetero) is 1. The van der Waals surface area contributed by atoms with Crippen LogP contribution in [-0.2, 0) is 0 Å². The molecular weight excluding hydrogens is 329 g/mol. The van der Waals surface area contributed by atoms with Gasteiger partial charge in [0.25, 0.3) is 5.69 Å². The predicted octanol–water partition coefficient (Wildman–Crippen LogP) is 4.55. The van der Waals surface area contributed by atoms with Gasteiger partial charge in [0.15, 0.2) is 6.10 Å². The van der Waals surface area contributed by atoms with Crippen molar-refractivity contribution in [2.75, 3.05) is 0 Å². The fourth-order valence-corrected chi connectivity index (χ4v) is 2.14. The van der Waals surface area contributed by atoms with Crippen LogP contribution in [0.15, 0.2) is 42.5 Å². The van der Waals surface area contributed by atoms with Crippen LogP contribution in [0.5, 0.6) is 5.75 Å². The summed E-state index contributed by atoms with van der Waals surface area (Å²) in [5, 5.41) is 11.3. The highest BCUT2D eigenvalue weighted by molar-refractivity contribution is 6.32. The second kappa shape index (κ2) is 6.77. The van der Waals surface area contributed by atoms with Crippen LogP contribution >= 0.6 is 23.2 Å². The number of carbonyl (C=O) groups excluding carboxylic acids is 1. The first-order valence-electron chi connectivity index (χ1n) is 6.29. The fraction of sp³-hybridized carbons (Fsp3) is 0.133. The fourth-order valence-electron chi connectivity index (χ4n) is 1.79. The summed E-state index contributed by atoms with van der Waals surface area (Å²) in [6.45, 7) is 1.58. The summed E-state index contributed by atoms with van der Waals surface area (Å²) in [5.41, 5.74) is 0.309. The van der Waals surface area contributed by atoms with E-state index in [1.165, 1.54) is 18.2 Å². The summed E-state index contributed by atoms with van der Waals surface area (Å²) in [6, 6.07) is 10.2. The van der Waals surface area contributed by atoms with E-state index >= 15 is 0 Å². The molecule has 0 amide bonds. The molecule has 2 aromatic carbocycles. The van der Waals surface area contributed by atoms with E-state index in [-0.39, 0.29) is 22.2 Å². The quantitative estimate of drug-likeness (QED) is 0.455. The van der Waals surface area contributed by atoms with Crippen LogP contribution in [0.1, 0.15) is 17.3 Å². The van der Waals surface area contributed by atoms with E-state index in [0.29, 0.717) is 10.6 Å². The van der Waals surface area contributed by atoms with Gasteiger partial charge in [-0.05, 0) is 37.3 Å². The molecule has 2 aromatic rings. The van der Waals surface area contributed by atoms with Crippen molar-refractivity contribution < 1.29 is 14.5 Å². The van der Waals surface area contributed by atoms with E-state index in [1.54, 1.807) is 31.2 Å². The van der Waals surface area contributed by atoms with Crippen LogP contribution in [0, 0.1) is 10.1 Å². The first-order valence-corrected chi connectivity index (χ1v) is 7.04. The average Bonchev–Trinajstić information content (AvgIpc) is 2.49. The zero-order valence-electron chi connectivity index (χ0n) is 11.5. The van der Waals surface area contributed by atoms with Crippen molar-refractivity contribution in [3.63, 3.8) is 0 Å². The standard InChI is InChI=1S/C15H11Cl2NO4/c1-9(15(19)10-2-4-11(16)5-3-10)22-14-7-6-12(18(20)21)8-13(14)17/h2-9H,1H3/t9-/m1/s1. The van der Waals surface area contributed by atoms with Gasteiger partial charge in [0.2, 0.25) is 5.78 Å². The number of nitro benzene ring substituents is 1. The molecule has 0 radical (unpaired) electrons. The number of nitro groups is 1. The summed E-state index contributed by atoms with van der Waals surface area (Å²) in [5.74, 6) is -0.0341. The Balaban J connectivity index is 2.14. The zero-order valence-corrected chi connectivity index (χ0v) is 13.0. The topological polar surface area (TPSA) is 69.4 Å². The number of rotatable bonds is 5. The minimum atomic E-state index is -0.792. The van der Waals surface area contributed by atoms with E-state index in [0.717, 1.165) is 0 Å². The van der Waals surface area contributed by atoms with Crippen LogP contribution in [0.25, 0.3) is 0 Å². The maximum Gasteiger partial charge on any atom is 0.271 e. The van der Waals surface area contributed by atoms with Gasteiger partial charge in [-0.3, -0.25) is 14.9 Å². The van der Waals surface area contributed by atoms with Gasteiger partial charge >= 0.3 is 0 Å². The van der Waals surface area contributed by atoms with Gasteiger partial charge in [-0.2, -0.15) is 0 Å². The predicted molar refractivity (Wildman–Crippen MR) is 84.0 cm³/mol.